The molecule has 1 aliphatic rings. The minimum atomic E-state index is -0.0196. The molecular formula is C17H25ClN2O2. The van der Waals surface area contributed by atoms with Crippen LogP contribution in [0.1, 0.15) is 32.6 Å². The molecule has 0 spiro atoms. The molecule has 1 aliphatic carbocycles. The number of halogens is 1. The molecule has 1 N–H and O–H groups in total. The third-order valence-electron chi connectivity index (χ3n) is 4.10. The standard InChI is InChI=1S/C17H25ClN2O2/c1-13-5-3-7-15(11-13)19-17(21)20(2)9-10-22-16-8-4-6-14(18)12-16/h4,6,8,12-13,15H,3,5,7,9-11H2,1-2H3,(H,19,21). The number of carbonyl (C=O) groups excluding carboxylic acids is 1. The normalized spacial score (nSPS) is 21.2. The highest BCUT2D eigenvalue weighted by Gasteiger charge is 2.21. The summed E-state index contributed by atoms with van der Waals surface area (Å²) in [6, 6.07) is 7.57. The van der Waals surface area contributed by atoms with Gasteiger partial charge < -0.3 is 15.0 Å². The molecular weight excluding hydrogens is 300 g/mol. The van der Waals surface area contributed by atoms with Gasteiger partial charge in [-0.25, -0.2) is 4.79 Å². The number of hydrogen-bond donors (Lipinski definition) is 1. The molecule has 1 saturated carbocycles. The highest BCUT2D eigenvalue weighted by molar-refractivity contribution is 6.30. The highest BCUT2D eigenvalue weighted by atomic mass is 35.5. The molecule has 2 atom stereocenters. The Kier molecular flexibility index (Phi) is 6.37. The Labute approximate surface area is 137 Å². The van der Waals surface area contributed by atoms with Crippen LogP contribution in [0, 0.1) is 5.92 Å². The van der Waals surface area contributed by atoms with Gasteiger partial charge in [-0.1, -0.05) is 37.4 Å². The molecule has 0 bridgehead atoms. The number of ether oxygens (including phenoxy) is 1. The van der Waals surface area contributed by atoms with Crippen LogP contribution in [-0.4, -0.2) is 37.2 Å². The quantitative estimate of drug-likeness (QED) is 0.891. The lowest BCUT2D eigenvalue weighted by molar-refractivity contribution is 0.185. The summed E-state index contributed by atoms with van der Waals surface area (Å²) in [5.74, 6) is 1.43. The van der Waals surface area contributed by atoms with Crippen LogP contribution in [-0.2, 0) is 0 Å². The monoisotopic (exact) mass is 324 g/mol. The smallest absolute Gasteiger partial charge is 0.317 e. The SMILES string of the molecule is CC1CCCC(NC(=O)N(C)CCOc2cccc(Cl)c2)C1. The van der Waals surface area contributed by atoms with E-state index in [1.807, 2.05) is 12.1 Å². The molecule has 2 unspecified atom stereocenters. The van der Waals surface area contributed by atoms with Gasteiger partial charge in [0, 0.05) is 18.1 Å². The van der Waals surface area contributed by atoms with Crippen LogP contribution in [0.25, 0.3) is 0 Å². The molecule has 5 heteroatoms. The van der Waals surface area contributed by atoms with Crippen molar-refractivity contribution >= 4 is 17.6 Å². The predicted molar refractivity (Wildman–Crippen MR) is 89.5 cm³/mol. The van der Waals surface area contributed by atoms with Crippen molar-refractivity contribution < 1.29 is 9.53 Å². The summed E-state index contributed by atoms with van der Waals surface area (Å²) in [7, 11) is 1.79. The van der Waals surface area contributed by atoms with Gasteiger partial charge in [-0.2, -0.15) is 0 Å². The van der Waals surface area contributed by atoms with Gasteiger partial charge >= 0.3 is 6.03 Å². The average molecular weight is 325 g/mol. The van der Waals surface area contributed by atoms with E-state index in [1.54, 1.807) is 24.1 Å². The number of amides is 2. The first kappa shape index (κ1) is 16.9. The van der Waals surface area contributed by atoms with E-state index in [9.17, 15) is 4.79 Å². The van der Waals surface area contributed by atoms with Gasteiger partial charge in [-0.3, -0.25) is 0 Å². The zero-order valence-electron chi connectivity index (χ0n) is 13.3. The Morgan fingerprint density at radius 2 is 2.27 bits per heavy atom. The zero-order valence-corrected chi connectivity index (χ0v) is 14.1. The minimum absolute atomic E-state index is 0.0196. The number of likely N-dealkylation sites (N-methyl/N-ethyl adjacent to an activating group) is 1. The molecule has 0 aliphatic heterocycles. The fourth-order valence-corrected chi connectivity index (χ4v) is 2.99. The Hall–Kier alpha value is -1.42. The first-order valence-electron chi connectivity index (χ1n) is 7.94. The molecule has 0 heterocycles. The molecule has 1 aromatic rings. The topological polar surface area (TPSA) is 41.6 Å². The molecule has 2 amide bonds. The van der Waals surface area contributed by atoms with E-state index in [0.29, 0.717) is 30.1 Å². The van der Waals surface area contributed by atoms with Crippen LogP contribution < -0.4 is 10.1 Å². The molecule has 4 nitrogen and oxygen atoms in total. The lowest BCUT2D eigenvalue weighted by atomic mass is 9.87. The van der Waals surface area contributed by atoms with E-state index < -0.39 is 0 Å². The maximum atomic E-state index is 12.2. The Bertz CT molecular complexity index is 495. The Balaban J connectivity index is 1.70. The van der Waals surface area contributed by atoms with Crippen molar-refractivity contribution in [2.75, 3.05) is 20.2 Å². The second-order valence-electron chi connectivity index (χ2n) is 6.15. The lowest BCUT2D eigenvalue weighted by Crippen LogP contribution is -2.45. The number of rotatable bonds is 5. The molecule has 0 saturated heterocycles. The second kappa shape index (κ2) is 8.28. The van der Waals surface area contributed by atoms with Crippen molar-refractivity contribution in [3.05, 3.63) is 29.3 Å². The van der Waals surface area contributed by atoms with Crippen LogP contribution in [0.15, 0.2) is 24.3 Å². The number of carbonyl (C=O) groups is 1. The van der Waals surface area contributed by atoms with E-state index in [1.165, 1.54) is 12.8 Å². The summed E-state index contributed by atoms with van der Waals surface area (Å²) in [6.07, 6.45) is 4.64. The summed E-state index contributed by atoms with van der Waals surface area (Å²) in [5.41, 5.74) is 0. The van der Waals surface area contributed by atoms with E-state index in [2.05, 4.69) is 12.2 Å². The zero-order chi connectivity index (χ0) is 15.9. The summed E-state index contributed by atoms with van der Waals surface area (Å²) in [5, 5.41) is 3.77. The van der Waals surface area contributed by atoms with Gasteiger partial charge in [0.25, 0.3) is 0 Å². The third kappa shape index (κ3) is 5.41. The number of nitrogens with one attached hydrogen (secondary N) is 1. The van der Waals surface area contributed by atoms with Crippen molar-refractivity contribution in [1.82, 2.24) is 10.2 Å². The summed E-state index contributed by atoms with van der Waals surface area (Å²) >= 11 is 5.90. The molecule has 2 rings (SSSR count). The van der Waals surface area contributed by atoms with E-state index in [-0.39, 0.29) is 6.03 Å². The number of hydrogen-bond acceptors (Lipinski definition) is 2. The van der Waals surface area contributed by atoms with E-state index >= 15 is 0 Å². The van der Waals surface area contributed by atoms with Gasteiger partial charge in [0.2, 0.25) is 0 Å². The van der Waals surface area contributed by atoms with Gasteiger partial charge in [0.15, 0.2) is 0 Å². The number of nitrogens with zero attached hydrogens (tertiary/aromatic N) is 1. The summed E-state index contributed by atoms with van der Waals surface area (Å²) < 4.78 is 5.61. The van der Waals surface area contributed by atoms with Crippen molar-refractivity contribution in [2.45, 2.75) is 38.6 Å². The fraction of sp³-hybridized carbons (Fsp3) is 0.588. The molecule has 0 aromatic heterocycles. The molecule has 122 valence electrons. The Morgan fingerprint density at radius 1 is 1.45 bits per heavy atom. The average Bonchev–Trinajstić information content (AvgIpc) is 2.47. The maximum Gasteiger partial charge on any atom is 0.317 e. The van der Waals surface area contributed by atoms with Gasteiger partial charge in [0.05, 0.1) is 6.54 Å². The minimum Gasteiger partial charge on any atom is -0.492 e. The van der Waals surface area contributed by atoms with Gasteiger partial charge in [-0.15, -0.1) is 0 Å². The largest absolute Gasteiger partial charge is 0.492 e. The third-order valence-corrected chi connectivity index (χ3v) is 4.34. The number of benzene rings is 1. The first-order valence-corrected chi connectivity index (χ1v) is 8.32. The van der Waals surface area contributed by atoms with Crippen LogP contribution in [0.3, 0.4) is 0 Å². The molecule has 1 fully saturated rings. The molecule has 22 heavy (non-hydrogen) atoms. The second-order valence-corrected chi connectivity index (χ2v) is 6.58. The van der Waals surface area contributed by atoms with Crippen LogP contribution in [0.5, 0.6) is 5.75 Å². The maximum absolute atomic E-state index is 12.2. The fourth-order valence-electron chi connectivity index (χ4n) is 2.81. The summed E-state index contributed by atoms with van der Waals surface area (Å²) in [6.45, 7) is 3.24. The highest BCUT2D eigenvalue weighted by Crippen LogP contribution is 2.23. The molecule has 0 radical (unpaired) electrons. The Morgan fingerprint density at radius 3 is 3.00 bits per heavy atom. The number of urea groups is 1. The predicted octanol–water partition coefficient (Wildman–Crippen LogP) is 3.94. The van der Waals surface area contributed by atoms with Crippen LogP contribution in [0.4, 0.5) is 4.79 Å². The van der Waals surface area contributed by atoms with Crippen molar-refractivity contribution in [3.8, 4) is 5.75 Å². The van der Waals surface area contributed by atoms with Crippen molar-refractivity contribution in [2.24, 2.45) is 5.92 Å². The van der Waals surface area contributed by atoms with Crippen molar-refractivity contribution in [3.63, 3.8) is 0 Å². The lowest BCUT2D eigenvalue weighted by Gasteiger charge is -2.29. The first-order chi connectivity index (χ1) is 10.5. The van der Waals surface area contributed by atoms with Crippen molar-refractivity contribution in [1.29, 1.82) is 0 Å². The van der Waals surface area contributed by atoms with Crippen LogP contribution >= 0.6 is 11.6 Å². The van der Waals surface area contributed by atoms with E-state index in [4.69, 9.17) is 16.3 Å². The summed E-state index contributed by atoms with van der Waals surface area (Å²) in [4.78, 5) is 13.8. The van der Waals surface area contributed by atoms with Crippen LogP contribution in [0.2, 0.25) is 5.02 Å². The van der Waals surface area contributed by atoms with E-state index in [0.717, 1.165) is 18.6 Å². The van der Waals surface area contributed by atoms with Gasteiger partial charge in [0.1, 0.15) is 12.4 Å². The molecule has 1 aromatic carbocycles. The van der Waals surface area contributed by atoms with Gasteiger partial charge in [-0.05, 0) is 37.0 Å².